The van der Waals surface area contributed by atoms with Crippen molar-refractivity contribution in [3.05, 3.63) is 47.0 Å². The Morgan fingerprint density at radius 2 is 2.15 bits per heavy atom. The van der Waals surface area contributed by atoms with Gasteiger partial charge in [-0.1, -0.05) is 23.2 Å². The van der Waals surface area contributed by atoms with Gasteiger partial charge in [0, 0.05) is 17.4 Å². The van der Waals surface area contributed by atoms with Crippen molar-refractivity contribution in [2.24, 2.45) is 0 Å². The minimum atomic E-state index is 0.585. The first-order valence-corrected chi connectivity index (χ1v) is 4.39. The zero-order valence-corrected chi connectivity index (χ0v) is 8.05. The minimum Gasteiger partial charge on any atom is -0.296 e. The van der Waals surface area contributed by atoms with Crippen LogP contribution in [0, 0.1) is 6.33 Å². The van der Waals surface area contributed by atoms with Crippen molar-refractivity contribution in [3.8, 4) is 5.69 Å². The van der Waals surface area contributed by atoms with Crippen LogP contribution in [0.2, 0.25) is 10.0 Å². The Morgan fingerprint density at radius 1 is 1.31 bits per heavy atom. The smallest absolute Gasteiger partial charge is 0.181 e. The standard InChI is InChI=1S/C9H5Cl2N2/c10-7-1-2-9(8(11)5-7)13-4-3-12-6-13/h1-5H. The van der Waals surface area contributed by atoms with Gasteiger partial charge in [-0.15, -0.1) is 0 Å². The first-order chi connectivity index (χ1) is 6.27. The molecule has 65 valence electrons. The fourth-order valence-electron chi connectivity index (χ4n) is 1.04. The van der Waals surface area contributed by atoms with Crippen LogP contribution in [0.4, 0.5) is 0 Å². The molecule has 0 spiro atoms. The zero-order chi connectivity index (χ0) is 9.26. The molecule has 1 aromatic carbocycles. The Kier molecular flexibility index (Phi) is 2.25. The number of halogens is 2. The lowest BCUT2D eigenvalue weighted by Crippen LogP contribution is -1.90. The number of hydrogen-bond acceptors (Lipinski definition) is 1. The summed E-state index contributed by atoms with van der Waals surface area (Å²) in [6.07, 6.45) is 6.17. The maximum Gasteiger partial charge on any atom is 0.181 e. The Labute approximate surface area is 85.7 Å². The summed E-state index contributed by atoms with van der Waals surface area (Å²) >= 11 is 11.7. The molecular weight excluding hydrogens is 207 g/mol. The molecule has 0 N–H and O–H groups in total. The second kappa shape index (κ2) is 3.40. The molecular formula is C9H5Cl2N2. The maximum absolute atomic E-state index is 5.97. The highest BCUT2D eigenvalue weighted by Gasteiger charge is 2.02. The lowest BCUT2D eigenvalue weighted by atomic mass is 10.3. The molecule has 1 aromatic heterocycles. The van der Waals surface area contributed by atoms with E-state index in [4.69, 9.17) is 23.2 Å². The molecule has 2 aromatic rings. The molecule has 2 rings (SSSR count). The number of aromatic nitrogens is 2. The summed E-state index contributed by atoms with van der Waals surface area (Å²) < 4.78 is 1.71. The van der Waals surface area contributed by atoms with Gasteiger partial charge in [-0.05, 0) is 18.2 Å². The molecule has 1 radical (unpaired) electrons. The molecule has 0 amide bonds. The number of imidazole rings is 1. The normalized spacial score (nSPS) is 10.3. The van der Waals surface area contributed by atoms with Crippen molar-refractivity contribution >= 4 is 23.2 Å². The van der Waals surface area contributed by atoms with Crippen molar-refractivity contribution in [1.29, 1.82) is 0 Å². The highest BCUT2D eigenvalue weighted by Crippen LogP contribution is 2.23. The van der Waals surface area contributed by atoms with Crippen LogP contribution in [0.5, 0.6) is 0 Å². The van der Waals surface area contributed by atoms with Crippen LogP contribution < -0.4 is 0 Å². The van der Waals surface area contributed by atoms with E-state index in [0.717, 1.165) is 5.69 Å². The summed E-state index contributed by atoms with van der Waals surface area (Å²) in [6, 6.07) is 5.28. The summed E-state index contributed by atoms with van der Waals surface area (Å²) in [5.74, 6) is 0. The molecule has 0 aliphatic rings. The van der Waals surface area contributed by atoms with Gasteiger partial charge in [-0.2, -0.15) is 0 Å². The molecule has 0 aliphatic carbocycles. The highest BCUT2D eigenvalue weighted by molar-refractivity contribution is 6.35. The van der Waals surface area contributed by atoms with Crippen LogP contribution in [-0.4, -0.2) is 9.55 Å². The quantitative estimate of drug-likeness (QED) is 0.710. The van der Waals surface area contributed by atoms with Crippen molar-refractivity contribution in [2.45, 2.75) is 0 Å². The molecule has 13 heavy (non-hydrogen) atoms. The third kappa shape index (κ3) is 1.69. The van der Waals surface area contributed by atoms with Crippen LogP contribution in [0.3, 0.4) is 0 Å². The summed E-state index contributed by atoms with van der Waals surface area (Å²) in [6.45, 7) is 0. The van der Waals surface area contributed by atoms with Crippen LogP contribution in [-0.2, 0) is 0 Å². The topological polar surface area (TPSA) is 17.8 Å². The van der Waals surface area contributed by atoms with Gasteiger partial charge >= 0.3 is 0 Å². The van der Waals surface area contributed by atoms with Gasteiger partial charge in [-0.25, -0.2) is 4.98 Å². The Bertz CT molecular complexity index is 410. The van der Waals surface area contributed by atoms with E-state index in [1.165, 1.54) is 0 Å². The Hall–Kier alpha value is -0.990. The van der Waals surface area contributed by atoms with E-state index in [-0.39, 0.29) is 0 Å². The second-order valence-corrected chi connectivity index (χ2v) is 3.34. The van der Waals surface area contributed by atoms with Gasteiger partial charge in [0.15, 0.2) is 6.33 Å². The maximum atomic E-state index is 5.97. The van der Waals surface area contributed by atoms with E-state index < -0.39 is 0 Å². The Balaban J connectivity index is 2.53. The molecule has 0 saturated carbocycles. The van der Waals surface area contributed by atoms with Crippen molar-refractivity contribution in [1.82, 2.24) is 9.55 Å². The third-order valence-corrected chi connectivity index (χ3v) is 2.16. The summed E-state index contributed by atoms with van der Waals surface area (Å²) in [5.41, 5.74) is 0.823. The van der Waals surface area contributed by atoms with E-state index in [0.29, 0.717) is 10.0 Å². The largest absolute Gasteiger partial charge is 0.296 e. The first-order valence-electron chi connectivity index (χ1n) is 3.64. The first kappa shape index (κ1) is 8.60. The van der Waals surface area contributed by atoms with Crippen LogP contribution >= 0.6 is 23.2 Å². The second-order valence-electron chi connectivity index (χ2n) is 2.49. The van der Waals surface area contributed by atoms with Crippen LogP contribution in [0.1, 0.15) is 0 Å². The minimum absolute atomic E-state index is 0.585. The van der Waals surface area contributed by atoms with Gasteiger partial charge in [0.2, 0.25) is 0 Å². The summed E-state index contributed by atoms with van der Waals surface area (Å²) in [4.78, 5) is 3.81. The van der Waals surface area contributed by atoms with Gasteiger partial charge in [0.25, 0.3) is 0 Å². The van der Waals surface area contributed by atoms with Gasteiger partial charge in [0.05, 0.1) is 10.7 Å². The molecule has 0 fully saturated rings. The predicted molar refractivity (Wildman–Crippen MR) is 52.4 cm³/mol. The molecule has 0 aliphatic heterocycles. The molecule has 2 nitrogen and oxygen atoms in total. The zero-order valence-electron chi connectivity index (χ0n) is 6.54. The number of hydrogen-bond donors (Lipinski definition) is 0. The molecule has 1 heterocycles. The molecule has 0 unspecified atom stereocenters. The number of nitrogens with zero attached hydrogens (tertiary/aromatic N) is 2. The van der Waals surface area contributed by atoms with Gasteiger partial charge in [0.1, 0.15) is 0 Å². The predicted octanol–water partition coefficient (Wildman–Crippen LogP) is 2.98. The van der Waals surface area contributed by atoms with Crippen LogP contribution in [0.15, 0.2) is 30.6 Å². The molecule has 0 saturated heterocycles. The molecule has 0 bridgehead atoms. The van der Waals surface area contributed by atoms with E-state index in [1.807, 2.05) is 6.07 Å². The fraction of sp³-hybridized carbons (Fsp3) is 0. The number of rotatable bonds is 1. The van der Waals surface area contributed by atoms with Crippen molar-refractivity contribution in [3.63, 3.8) is 0 Å². The average Bonchev–Trinajstić information content (AvgIpc) is 2.56. The fourth-order valence-corrected chi connectivity index (χ4v) is 1.54. The average molecular weight is 212 g/mol. The van der Waals surface area contributed by atoms with E-state index in [2.05, 4.69) is 11.3 Å². The lowest BCUT2D eigenvalue weighted by Gasteiger charge is -2.03. The van der Waals surface area contributed by atoms with E-state index in [1.54, 1.807) is 29.1 Å². The third-order valence-electron chi connectivity index (χ3n) is 1.63. The lowest BCUT2D eigenvalue weighted by molar-refractivity contribution is 1.04. The Morgan fingerprint density at radius 3 is 2.77 bits per heavy atom. The monoisotopic (exact) mass is 211 g/mol. The van der Waals surface area contributed by atoms with Crippen molar-refractivity contribution < 1.29 is 0 Å². The van der Waals surface area contributed by atoms with Gasteiger partial charge < -0.3 is 0 Å². The SMILES string of the molecule is Clc1ccc(-n2[c]ncc2)c(Cl)c1. The van der Waals surface area contributed by atoms with Crippen molar-refractivity contribution in [2.75, 3.05) is 0 Å². The van der Waals surface area contributed by atoms with E-state index >= 15 is 0 Å². The summed E-state index contributed by atoms with van der Waals surface area (Å²) in [7, 11) is 0. The molecule has 4 heteroatoms. The van der Waals surface area contributed by atoms with E-state index in [9.17, 15) is 0 Å². The highest BCUT2D eigenvalue weighted by atomic mass is 35.5. The van der Waals surface area contributed by atoms with Crippen LogP contribution in [0.25, 0.3) is 5.69 Å². The number of benzene rings is 1. The van der Waals surface area contributed by atoms with Gasteiger partial charge in [-0.3, -0.25) is 4.57 Å². The molecule has 0 atom stereocenters. The summed E-state index contributed by atoms with van der Waals surface area (Å²) in [5, 5.41) is 1.20.